The van der Waals surface area contributed by atoms with E-state index in [-0.39, 0.29) is 17.1 Å². The van der Waals surface area contributed by atoms with Gasteiger partial charge in [0.2, 0.25) is 5.75 Å². The number of allylic oxidation sites excluding steroid dienone is 4. The molecule has 0 fully saturated rings. The smallest absolute Gasteiger partial charge is 0.297 e. The van der Waals surface area contributed by atoms with Crippen LogP contribution in [0.2, 0.25) is 0 Å². The van der Waals surface area contributed by atoms with E-state index < -0.39 is 0 Å². The molecule has 2 rings (SSSR count). The maximum absolute atomic E-state index is 12.8. The predicted molar refractivity (Wildman–Crippen MR) is 108 cm³/mol. The lowest BCUT2D eigenvalue weighted by Crippen LogP contribution is -2.22. The molecule has 5 heteroatoms. The first-order valence-corrected chi connectivity index (χ1v) is 8.92. The zero-order valence-electron chi connectivity index (χ0n) is 16.0. The first-order valence-electron chi connectivity index (χ1n) is 8.92. The summed E-state index contributed by atoms with van der Waals surface area (Å²) in [7, 11) is 0. The molecule has 3 N–H and O–H groups in total. The highest BCUT2D eigenvalue weighted by Gasteiger charge is 2.18. The summed E-state index contributed by atoms with van der Waals surface area (Å²) >= 11 is 0. The summed E-state index contributed by atoms with van der Waals surface area (Å²) in [5, 5.41) is 10.9. The molecule has 0 saturated heterocycles. The van der Waals surface area contributed by atoms with E-state index in [1.165, 1.54) is 11.1 Å². The number of fused-ring (bicyclic) bond motifs is 1. The summed E-state index contributed by atoms with van der Waals surface area (Å²) in [5.41, 5.74) is 9.21. The van der Waals surface area contributed by atoms with Gasteiger partial charge in [0.25, 0.3) is 5.56 Å². The van der Waals surface area contributed by atoms with Crippen LogP contribution < -0.4 is 16.0 Å². The molecule has 1 aromatic heterocycles. The van der Waals surface area contributed by atoms with Crippen molar-refractivity contribution in [1.29, 1.82) is 0 Å². The normalized spacial score (nSPS) is 11.6. The van der Waals surface area contributed by atoms with Crippen LogP contribution in [0.25, 0.3) is 10.9 Å². The van der Waals surface area contributed by atoms with Gasteiger partial charge in [-0.1, -0.05) is 29.4 Å². The Kier molecular flexibility index (Phi) is 6.50. The number of pyridine rings is 1. The number of nitrogens with two attached hydrogens (primary N) is 1. The molecule has 5 nitrogen and oxygen atoms in total. The van der Waals surface area contributed by atoms with Crippen LogP contribution in [0.15, 0.2) is 46.3 Å². The maximum Gasteiger partial charge on any atom is 0.297 e. The third-order valence-electron chi connectivity index (χ3n) is 4.26. The average molecular weight is 356 g/mol. The molecule has 0 spiro atoms. The van der Waals surface area contributed by atoms with Gasteiger partial charge >= 0.3 is 0 Å². The van der Waals surface area contributed by atoms with Crippen molar-refractivity contribution in [2.24, 2.45) is 0 Å². The Hall–Kier alpha value is -2.69. The Labute approximate surface area is 154 Å². The van der Waals surface area contributed by atoms with E-state index in [9.17, 15) is 9.90 Å². The first-order chi connectivity index (χ1) is 12.4. The largest absolute Gasteiger partial charge is 0.504 e. The number of hydrogen-bond acceptors (Lipinski definition) is 4. The van der Waals surface area contributed by atoms with Crippen molar-refractivity contribution >= 4 is 16.6 Å². The SMILES string of the molecule is CCOc1c(O)c2c(N)cccc2n(C/C=C(\C)CCC=C(C)C)c1=O. The Bertz CT molecular complexity index is 904. The third kappa shape index (κ3) is 4.28. The van der Waals surface area contributed by atoms with E-state index >= 15 is 0 Å². The van der Waals surface area contributed by atoms with Crippen molar-refractivity contribution in [3.8, 4) is 11.5 Å². The van der Waals surface area contributed by atoms with Crippen molar-refractivity contribution in [1.82, 2.24) is 4.57 Å². The third-order valence-corrected chi connectivity index (χ3v) is 4.26. The van der Waals surface area contributed by atoms with Gasteiger partial charge in [-0.2, -0.15) is 0 Å². The van der Waals surface area contributed by atoms with Gasteiger partial charge < -0.3 is 20.1 Å². The molecule has 0 aliphatic heterocycles. The molecular weight excluding hydrogens is 328 g/mol. The van der Waals surface area contributed by atoms with Gasteiger partial charge in [0.05, 0.1) is 17.5 Å². The van der Waals surface area contributed by atoms with Crippen molar-refractivity contribution in [3.63, 3.8) is 0 Å². The molecule has 0 radical (unpaired) electrons. The van der Waals surface area contributed by atoms with Gasteiger partial charge in [-0.05, 0) is 52.7 Å². The molecular formula is C21H28N2O3. The van der Waals surface area contributed by atoms with Crippen molar-refractivity contribution in [2.75, 3.05) is 12.3 Å². The van der Waals surface area contributed by atoms with E-state index in [0.717, 1.165) is 12.8 Å². The molecule has 1 aromatic carbocycles. The minimum absolute atomic E-state index is 0.0477. The molecule has 0 saturated carbocycles. The fourth-order valence-corrected chi connectivity index (χ4v) is 2.88. The minimum Gasteiger partial charge on any atom is -0.504 e. The van der Waals surface area contributed by atoms with Gasteiger partial charge in [0.1, 0.15) is 0 Å². The Balaban J connectivity index is 2.48. The summed E-state index contributed by atoms with van der Waals surface area (Å²) < 4.78 is 7.00. The molecule has 2 aromatic rings. The van der Waals surface area contributed by atoms with Crippen LogP contribution in [-0.4, -0.2) is 16.3 Å². The standard InChI is InChI=1S/C21H28N2O3/c1-5-26-20-19(24)18-16(22)10-7-11-17(18)23(21(20)25)13-12-15(4)9-6-8-14(2)3/h7-8,10-12,24H,5-6,9,13,22H2,1-4H3/b15-12+. The summed E-state index contributed by atoms with van der Waals surface area (Å²) in [6.07, 6.45) is 6.16. The van der Waals surface area contributed by atoms with Crippen LogP contribution >= 0.6 is 0 Å². The first kappa shape index (κ1) is 19.6. The van der Waals surface area contributed by atoms with E-state index in [4.69, 9.17) is 10.5 Å². The van der Waals surface area contributed by atoms with Crippen LogP contribution in [-0.2, 0) is 6.54 Å². The van der Waals surface area contributed by atoms with Crippen molar-refractivity contribution in [2.45, 2.75) is 47.1 Å². The minimum atomic E-state index is -0.351. The van der Waals surface area contributed by atoms with Gasteiger partial charge in [0.15, 0.2) is 5.75 Å². The molecule has 26 heavy (non-hydrogen) atoms. The number of nitrogen functional groups attached to an aromatic ring is 1. The van der Waals surface area contributed by atoms with E-state index in [2.05, 4.69) is 26.8 Å². The van der Waals surface area contributed by atoms with Gasteiger partial charge in [-0.3, -0.25) is 4.79 Å². The molecule has 140 valence electrons. The summed E-state index contributed by atoms with van der Waals surface area (Å²) in [6.45, 7) is 8.69. The lowest BCUT2D eigenvalue weighted by Gasteiger charge is -2.15. The predicted octanol–water partition coefficient (Wildman–Crippen LogP) is 4.38. The number of ether oxygens (including phenoxy) is 1. The van der Waals surface area contributed by atoms with Crippen molar-refractivity contribution < 1.29 is 9.84 Å². The molecule has 0 aliphatic rings. The van der Waals surface area contributed by atoms with Crippen LogP contribution in [0.5, 0.6) is 11.5 Å². The Morgan fingerprint density at radius 2 is 2.00 bits per heavy atom. The van der Waals surface area contributed by atoms with E-state index in [0.29, 0.717) is 29.7 Å². The Morgan fingerprint density at radius 3 is 2.65 bits per heavy atom. The zero-order valence-corrected chi connectivity index (χ0v) is 16.0. The summed E-state index contributed by atoms with van der Waals surface area (Å²) in [4.78, 5) is 12.8. The average Bonchev–Trinajstić information content (AvgIpc) is 2.58. The molecule has 1 heterocycles. The highest BCUT2D eigenvalue weighted by molar-refractivity contribution is 5.97. The second-order valence-electron chi connectivity index (χ2n) is 6.64. The van der Waals surface area contributed by atoms with Crippen LogP contribution in [0, 0.1) is 0 Å². The molecule has 0 atom stereocenters. The topological polar surface area (TPSA) is 77.5 Å². The fraction of sp³-hybridized carbons (Fsp3) is 0.381. The van der Waals surface area contributed by atoms with Crippen LogP contribution in [0.1, 0.15) is 40.5 Å². The lowest BCUT2D eigenvalue weighted by atomic mass is 10.1. The number of anilines is 1. The maximum atomic E-state index is 12.8. The lowest BCUT2D eigenvalue weighted by molar-refractivity contribution is 0.312. The molecule has 0 bridgehead atoms. The van der Waals surface area contributed by atoms with Crippen molar-refractivity contribution in [3.05, 3.63) is 51.9 Å². The highest BCUT2D eigenvalue weighted by Crippen LogP contribution is 2.35. The molecule has 0 aliphatic carbocycles. The summed E-state index contributed by atoms with van der Waals surface area (Å²) in [6, 6.07) is 5.26. The van der Waals surface area contributed by atoms with E-state index in [1.807, 2.05) is 6.08 Å². The number of aromatic hydroxyl groups is 1. The Morgan fingerprint density at radius 1 is 1.27 bits per heavy atom. The monoisotopic (exact) mass is 356 g/mol. The molecule has 0 amide bonds. The fourth-order valence-electron chi connectivity index (χ4n) is 2.88. The number of aromatic nitrogens is 1. The number of benzene rings is 1. The number of hydrogen-bond donors (Lipinski definition) is 2. The van der Waals surface area contributed by atoms with Gasteiger partial charge in [-0.25, -0.2) is 0 Å². The van der Waals surface area contributed by atoms with Crippen LogP contribution in [0.4, 0.5) is 5.69 Å². The van der Waals surface area contributed by atoms with Gasteiger partial charge in [0, 0.05) is 12.2 Å². The number of rotatable bonds is 7. The number of nitrogens with zero attached hydrogens (tertiary/aromatic N) is 1. The molecule has 0 unspecified atom stereocenters. The van der Waals surface area contributed by atoms with Crippen LogP contribution in [0.3, 0.4) is 0 Å². The second-order valence-corrected chi connectivity index (χ2v) is 6.64. The summed E-state index contributed by atoms with van der Waals surface area (Å²) in [5.74, 6) is -0.237. The van der Waals surface area contributed by atoms with Gasteiger partial charge in [-0.15, -0.1) is 0 Å². The zero-order chi connectivity index (χ0) is 19.3. The highest BCUT2D eigenvalue weighted by atomic mass is 16.5. The quantitative estimate of drug-likeness (QED) is 0.570. The van der Waals surface area contributed by atoms with E-state index in [1.54, 1.807) is 29.7 Å². The second kappa shape index (κ2) is 8.61.